The number of nitrogens with one attached hydrogen (secondary N) is 1. The van der Waals surface area contributed by atoms with Crippen LogP contribution in [0.5, 0.6) is 0 Å². The lowest BCUT2D eigenvalue weighted by Crippen LogP contribution is -2.11. The average molecular weight is 297 g/mol. The van der Waals surface area contributed by atoms with Crippen LogP contribution in [0.1, 0.15) is 5.56 Å². The minimum absolute atomic E-state index is 0.0512. The Morgan fingerprint density at radius 2 is 2.05 bits per heavy atom. The van der Waals surface area contributed by atoms with Crippen LogP contribution in [-0.2, 0) is 0 Å². The summed E-state index contributed by atoms with van der Waals surface area (Å²) in [5, 5.41) is 5.24. The van der Waals surface area contributed by atoms with Gasteiger partial charge in [-0.25, -0.2) is 4.39 Å². The van der Waals surface area contributed by atoms with E-state index in [0.29, 0.717) is 5.69 Å². The van der Waals surface area contributed by atoms with Gasteiger partial charge in [0.15, 0.2) is 0 Å². The largest absolute Gasteiger partial charge is 0.389 e. The van der Waals surface area contributed by atoms with E-state index < -0.39 is 5.82 Å². The van der Waals surface area contributed by atoms with Gasteiger partial charge in [0.05, 0.1) is 0 Å². The first-order chi connectivity index (χ1) is 10.1. The van der Waals surface area contributed by atoms with Gasteiger partial charge >= 0.3 is 0 Å². The summed E-state index contributed by atoms with van der Waals surface area (Å²) < 4.78 is 13.9. The second kappa shape index (κ2) is 5.46. The molecule has 0 atom stereocenters. The van der Waals surface area contributed by atoms with Gasteiger partial charge in [0.2, 0.25) is 0 Å². The van der Waals surface area contributed by atoms with Crippen LogP contribution in [0.25, 0.3) is 10.8 Å². The molecule has 0 aliphatic carbocycles. The van der Waals surface area contributed by atoms with Crippen molar-refractivity contribution >= 4 is 39.4 Å². The van der Waals surface area contributed by atoms with E-state index in [-0.39, 0.29) is 10.6 Å². The lowest BCUT2D eigenvalue weighted by Gasteiger charge is -2.11. The fraction of sp³-hybridized carbons (Fsp3) is 0. The fourth-order valence-electron chi connectivity index (χ4n) is 2.18. The van der Waals surface area contributed by atoms with Crippen LogP contribution in [0.15, 0.2) is 54.9 Å². The van der Waals surface area contributed by atoms with Crippen molar-refractivity contribution in [3.8, 4) is 0 Å². The zero-order valence-electron chi connectivity index (χ0n) is 11.0. The zero-order chi connectivity index (χ0) is 14.8. The number of rotatable bonds is 3. The molecular weight excluding hydrogens is 285 g/mol. The molecule has 104 valence electrons. The van der Waals surface area contributed by atoms with Gasteiger partial charge in [-0.05, 0) is 30.3 Å². The van der Waals surface area contributed by atoms with Crippen LogP contribution in [-0.4, -0.2) is 9.97 Å². The Hall–Kier alpha value is -2.53. The molecule has 0 fully saturated rings. The third kappa shape index (κ3) is 2.68. The molecule has 5 heteroatoms. The lowest BCUT2D eigenvalue weighted by molar-refractivity contribution is 0.626. The molecule has 0 saturated carbocycles. The van der Waals surface area contributed by atoms with Gasteiger partial charge in [0, 0.05) is 40.1 Å². The van der Waals surface area contributed by atoms with E-state index in [1.807, 2.05) is 24.3 Å². The number of anilines is 2. The first kappa shape index (κ1) is 13.5. The van der Waals surface area contributed by atoms with Crippen LogP contribution in [0.3, 0.4) is 0 Å². The number of nitrogens with two attached hydrogens (primary N) is 1. The van der Waals surface area contributed by atoms with Gasteiger partial charge < -0.3 is 11.1 Å². The molecule has 3 N–H and O–H groups in total. The maximum atomic E-state index is 13.9. The molecule has 1 aromatic heterocycles. The van der Waals surface area contributed by atoms with Crippen molar-refractivity contribution < 1.29 is 4.39 Å². The summed E-state index contributed by atoms with van der Waals surface area (Å²) in [5.41, 5.74) is 7.23. The predicted octanol–water partition coefficient (Wildman–Crippen LogP) is 3.75. The summed E-state index contributed by atoms with van der Waals surface area (Å²) in [6, 6.07) is 12.5. The highest BCUT2D eigenvalue weighted by atomic mass is 32.1. The second-order valence-electron chi connectivity index (χ2n) is 4.59. The molecule has 3 nitrogen and oxygen atoms in total. The number of fused-ring (bicyclic) bond motifs is 1. The first-order valence-corrected chi connectivity index (χ1v) is 6.75. The smallest absolute Gasteiger partial charge is 0.135 e. The van der Waals surface area contributed by atoms with Crippen molar-refractivity contribution in [2.75, 3.05) is 5.32 Å². The lowest BCUT2D eigenvalue weighted by atomic mass is 10.1. The molecule has 3 aromatic rings. The summed E-state index contributed by atoms with van der Waals surface area (Å²) in [5.74, 6) is -0.436. The van der Waals surface area contributed by atoms with Crippen LogP contribution >= 0.6 is 12.2 Å². The summed E-state index contributed by atoms with van der Waals surface area (Å²) >= 11 is 4.80. The average Bonchev–Trinajstić information content (AvgIpc) is 2.47. The van der Waals surface area contributed by atoms with Gasteiger partial charge in [-0.2, -0.15) is 0 Å². The molecule has 3 rings (SSSR count). The Bertz CT molecular complexity index is 827. The maximum absolute atomic E-state index is 13.9. The number of hydrogen-bond acceptors (Lipinski definition) is 3. The van der Waals surface area contributed by atoms with E-state index in [0.717, 1.165) is 16.5 Å². The molecule has 0 saturated heterocycles. The number of pyridine rings is 1. The molecule has 1 heterocycles. The highest BCUT2D eigenvalue weighted by molar-refractivity contribution is 7.80. The Morgan fingerprint density at radius 1 is 1.19 bits per heavy atom. The van der Waals surface area contributed by atoms with Crippen molar-refractivity contribution in [1.82, 2.24) is 4.98 Å². The quantitative estimate of drug-likeness (QED) is 0.723. The molecule has 0 radical (unpaired) electrons. The van der Waals surface area contributed by atoms with Crippen LogP contribution in [0.4, 0.5) is 15.8 Å². The van der Waals surface area contributed by atoms with E-state index in [4.69, 9.17) is 18.0 Å². The molecule has 0 unspecified atom stereocenters. The minimum Gasteiger partial charge on any atom is -0.389 e. The summed E-state index contributed by atoms with van der Waals surface area (Å²) in [4.78, 5) is 4.14. The molecule has 0 amide bonds. The molecular formula is C16H12FN3S. The summed E-state index contributed by atoms with van der Waals surface area (Å²) in [7, 11) is 0. The van der Waals surface area contributed by atoms with Crippen molar-refractivity contribution in [1.29, 1.82) is 0 Å². The van der Waals surface area contributed by atoms with Crippen LogP contribution in [0, 0.1) is 5.82 Å². The standard InChI is InChI=1S/C16H12FN3S/c17-14-8-11(4-5-13(14)16(18)21)20-15-3-1-2-10-9-19-7-6-12(10)15/h1-9,20H,(H2,18,21). The van der Waals surface area contributed by atoms with Gasteiger partial charge in [-0.3, -0.25) is 4.98 Å². The number of aromatic nitrogens is 1. The van der Waals surface area contributed by atoms with E-state index in [1.54, 1.807) is 24.5 Å². The number of benzene rings is 2. The van der Waals surface area contributed by atoms with Crippen molar-refractivity contribution in [2.24, 2.45) is 5.73 Å². The third-order valence-electron chi connectivity index (χ3n) is 3.19. The predicted molar refractivity (Wildman–Crippen MR) is 87.3 cm³/mol. The molecule has 0 aliphatic heterocycles. The minimum atomic E-state index is -0.436. The highest BCUT2D eigenvalue weighted by Gasteiger charge is 2.07. The Balaban J connectivity index is 1.99. The van der Waals surface area contributed by atoms with Crippen molar-refractivity contribution in [3.05, 3.63) is 66.2 Å². The molecule has 0 aliphatic rings. The van der Waals surface area contributed by atoms with E-state index in [2.05, 4.69) is 10.3 Å². The number of hydrogen-bond donors (Lipinski definition) is 2. The third-order valence-corrected chi connectivity index (χ3v) is 3.41. The number of thiocarbonyl (C=S) groups is 1. The van der Waals surface area contributed by atoms with Crippen molar-refractivity contribution in [3.63, 3.8) is 0 Å². The van der Waals surface area contributed by atoms with Gasteiger partial charge in [0.25, 0.3) is 0 Å². The first-order valence-electron chi connectivity index (χ1n) is 6.34. The topological polar surface area (TPSA) is 50.9 Å². The van der Waals surface area contributed by atoms with Gasteiger partial charge in [-0.1, -0.05) is 24.4 Å². The Morgan fingerprint density at radius 3 is 2.81 bits per heavy atom. The summed E-state index contributed by atoms with van der Waals surface area (Å²) in [6.45, 7) is 0. The van der Waals surface area contributed by atoms with E-state index >= 15 is 0 Å². The summed E-state index contributed by atoms with van der Waals surface area (Å²) in [6.07, 6.45) is 3.51. The van der Waals surface area contributed by atoms with E-state index in [9.17, 15) is 4.39 Å². The van der Waals surface area contributed by atoms with Crippen LogP contribution < -0.4 is 11.1 Å². The molecule has 0 spiro atoms. The second-order valence-corrected chi connectivity index (χ2v) is 5.03. The number of nitrogens with zero attached hydrogens (tertiary/aromatic N) is 1. The highest BCUT2D eigenvalue weighted by Crippen LogP contribution is 2.26. The van der Waals surface area contributed by atoms with Gasteiger partial charge in [0.1, 0.15) is 10.8 Å². The normalized spacial score (nSPS) is 10.5. The molecule has 0 bridgehead atoms. The number of halogens is 1. The van der Waals surface area contributed by atoms with Gasteiger partial charge in [-0.15, -0.1) is 0 Å². The zero-order valence-corrected chi connectivity index (χ0v) is 11.8. The maximum Gasteiger partial charge on any atom is 0.135 e. The molecule has 21 heavy (non-hydrogen) atoms. The fourth-order valence-corrected chi connectivity index (χ4v) is 2.35. The Labute approximate surface area is 126 Å². The monoisotopic (exact) mass is 297 g/mol. The SMILES string of the molecule is NC(=S)c1ccc(Nc2cccc3cnccc23)cc1F. The molecule has 2 aromatic carbocycles. The van der Waals surface area contributed by atoms with Crippen molar-refractivity contribution in [2.45, 2.75) is 0 Å². The van der Waals surface area contributed by atoms with E-state index in [1.165, 1.54) is 6.07 Å². The Kier molecular flexibility index (Phi) is 3.50. The van der Waals surface area contributed by atoms with Crippen LogP contribution in [0.2, 0.25) is 0 Å².